The Kier molecular flexibility index (Phi) is 5.20. The molecule has 6 nitrogen and oxygen atoms in total. The predicted molar refractivity (Wildman–Crippen MR) is 84.8 cm³/mol. The smallest absolute Gasteiger partial charge is 0.323 e. The summed E-state index contributed by atoms with van der Waals surface area (Å²) in [4.78, 5) is 12.9. The van der Waals surface area contributed by atoms with Gasteiger partial charge >= 0.3 is 6.01 Å². The summed E-state index contributed by atoms with van der Waals surface area (Å²) < 4.78 is 5.52. The minimum atomic E-state index is 0.384. The van der Waals surface area contributed by atoms with Crippen molar-refractivity contribution in [3.05, 3.63) is 0 Å². The largest absolute Gasteiger partial charge is 0.463 e. The first-order valence-corrected chi connectivity index (χ1v) is 7.85. The van der Waals surface area contributed by atoms with Crippen molar-refractivity contribution in [2.45, 2.75) is 58.9 Å². The summed E-state index contributed by atoms with van der Waals surface area (Å²) in [5.74, 6) is 1.14. The fraction of sp³-hybridized carbons (Fsp3) is 0.800. The summed E-state index contributed by atoms with van der Waals surface area (Å²) in [5.41, 5.74) is 0.461. The van der Waals surface area contributed by atoms with Crippen molar-refractivity contribution in [3.8, 4) is 6.01 Å². The van der Waals surface area contributed by atoms with Crippen molar-refractivity contribution in [1.82, 2.24) is 15.0 Å². The molecule has 0 aliphatic heterocycles. The third-order valence-corrected chi connectivity index (χ3v) is 3.95. The lowest BCUT2D eigenvalue weighted by Crippen LogP contribution is -2.30. The molecule has 0 atom stereocenters. The van der Waals surface area contributed by atoms with Gasteiger partial charge in [-0.2, -0.15) is 15.0 Å². The van der Waals surface area contributed by atoms with Gasteiger partial charge in [-0.25, -0.2) is 0 Å². The lowest BCUT2D eigenvalue weighted by molar-refractivity contribution is 0.232. The van der Waals surface area contributed by atoms with E-state index < -0.39 is 0 Å². The van der Waals surface area contributed by atoms with Crippen LogP contribution in [0.3, 0.4) is 0 Å². The fourth-order valence-electron chi connectivity index (χ4n) is 2.52. The summed E-state index contributed by atoms with van der Waals surface area (Å²) in [6.07, 6.45) is 5.69. The van der Waals surface area contributed by atoms with Gasteiger partial charge < -0.3 is 15.4 Å². The van der Waals surface area contributed by atoms with Gasteiger partial charge in [-0.1, -0.05) is 20.8 Å². The zero-order valence-corrected chi connectivity index (χ0v) is 13.6. The van der Waals surface area contributed by atoms with E-state index in [4.69, 9.17) is 4.74 Å². The second-order valence-electron chi connectivity index (χ2n) is 6.45. The molecule has 0 amide bonds. The van der Waals surface area contributed by atoms with Gasteiger partial charge in [0.2, 0.25) is 11.9 Å². The average molecular weight is 293 g/mol. The lowest BCUT2D eigenvalue weighted by atomic mass is 9.76. The van der Waals surface area contributed by atoms with E-state index in [1.165, 1.54) is 12.8 Å². The minimum absolute atomic E-state index is 0.384. The SMILES string of the molecule is CCCOc1nc(NC)nc(NC2CCC(C)(C)CC2)n1. The number of ether oxygens (including phenoxy) is 1. The molecule has 0 unspecified atom stereocenters. The van der Waals surface area contributed by atoms with Crippen molar-refractivity contribution < 1.29 is 4.74 Å². The van der Waals surface area contributed by atoms with Crippen LogP contribution in [0.5, 0.6) is 6.01 Å². The highest BCUT2D eigenvalue weighted by Gasteiger charge is 2.27. The second kappa shape index (κ2) is 6.91. The van der Waals surface area contributed by atoms with Crippen LogP contribution in [0.4, 0.5) is 11.9 Å². The van der Waals surface area contributed by atoms with Crippen molar-refractivity contribution in [2.75, 3.05) is 24.3 Å². The number of rotatable bonds is 6. The molecule has 0 bridgehead atoms. The van der Waals surface area contributed by atoms with Crippen LogP contribution in [0.15, 0.2) is 0 Å². The van der Waals surface area contributed by atoms with Gasteiger partial charge in [0, 0.05) is 13.1 Å². The molecule has 2 rings (SSSR count). The van der Waals surface area contributed by atoms with Crippen LogP contribution >= 0.6 is 0 Å². The van der Waals surface area contributed by atoms with Crippen molar-refractivity contribution >= 4 is 11.9 Å². The summed E-state index contributed by atoms with van der Waals surface area (Å²) in [6.45, 7) is 7.34. The van der Waals surface area contributed by atoms with E-state index in [1.807, 2.05) is 0 Å². The predicted octanol–water partition coefficient (Wildman–Crippen LogP) is 3.08. The minimum Gasteiger partial charge on any atom is -0.463 e. The fourth-order valence-corrected chi connectivity index (χ4v) is 2.52. The van der Waals surface area contributed by atoms with Crippen LogP contribution in [-0.2, 0) is 0 Å². The van der Waals surface area contributed by atoms with Crippen LogP contribution in [0.25, 0.3) is 0 Å². The summed E-state index contributed by atoms with van der Waals surface area (Å²) in [5, 5.41) is 6.38. The van der Waals surface area contributed by atoms with E-state index >= 15 is 0 Å². The van der Waals surface area contributed by atoms with Gasteiger partial charge in [0.05, 0.1) is 6.61 Å². The molecule has 2 N–H and O–H groups in total. The monoisotopic (exact) mass is 293 g/mol. The Labute approximate surface area is 127 Å². The number of hydrogen-bond acceptors (Lipinski definition) is 6. The van der Waals surface area contributed by atoms with Gasteiger partial charge in [0.15, 0.2) is 0 Å². The molecule has 0 radical (unpaired) electrons. The Morgan fingerprint density at radius 2 is 1.81 bits per heavy atom. The molecule has 0 saturated heterocycles. The first-order chi connectivity index (χ1) is 10.0. The Morgan fingerprint density at radius 1 is 1.14 bits per heavy atom. The first-order valence-electron chi connectivity index (χ1n) is 7.85. The zero-order valence-electron chi connectivity index (χ0n) is 13.6. The molecular formula is C15H27N5O. The molecule has 1 fully saturated rings. The van der Waals surface area contributed by atoms with Gasteiger partial charge in [-0.15, -0.1) is 0 Å². The number of hydrogen-bond donors (Lipinski definition) is 2. The van der Waals surface area contributed by atoms with E-state index in [9.17, 15) is 0 Å². The van der Waals surface area contributed by atoms with Crippen LogP contribution in [-0.4, -0.2) is 34.6 Å². The molecule has 0 aromatic carbocycles. The third kappa shape index (κ3) is 4.72. The molecule has 1 heterocycles. The van der Waals surface area contributed by atoms with Crippen molar-refractivity contribution in [3.63, 3.8) is 0 Å². The van der Waals surface area contributed by atoms with Crippen molar-refractivity contribution in [2.24, 2.45) is 5.41 Å². The van der Waals surface area contributed by atoms with E-state index in [1.54, 1.807) is 7.05 Å². The van der Waals surface area contributed by atoms with Crippen LogP contribution in [0.2, 0.25) is 0 Å². The van der Waals surface area contributed by atoms with Gasteiger partial charge in [-0.05, 0) is 37.5 Å². The molecular weight excluding hydrogens is 266 g/mol. The van der Waals surface area contributed by atoms with E-state index in [2.05, 4.69) is 46.4 Å². The van der Waals surface area contributed by atoms with Gasteiger partial charge in [-0.3, -0.25) is 0 Å². The molecule has 118 valence electrons. The third-order valence-electron chi connectivity index (χ3n) is 3.95. The molecule has 1 aromatic rings. The number of nitrogens with zero attached hydrogens (tertiary/aromatic N) is 3. The highest BCUT2D eigenvalue weighted by atomic mass is 16.5. The van der Waals surface area contributed by atoms with Crippen LogP contribution in [0, 0.1) is 5.41 Å². The molecule has 1 aromatic heterocycles. The van der Waals surface area contributed by atoms with Gasteiger partial charge in [0.1, 0.15) is 0 Å². The van der Waals surface area contributed by atoms with Gasteiger partial charge in [0.25, 0.3) is 0 Å². The Hall–Kier alpha value is -1.59. The molecule has 1 saturated carbocycles. The highest BCUT2D eigenvalue weighted by Crippen LogP contribution is 2.35. The molecule has 0 spiro atoms. The van der Waals surface area contributed by atoms with Crippen molar-refractivity contribution in [1.29, 1.82) is 0 Å². The maximum atomic E-state index is 5.52. The molecule has 1 aliphatic rings. The van der Waals surface area contributed by atoms with E-state index in [-0.39, 0.29) is 0 Å². The Bertz CT molecular complexity index is 453. The summed E-state index contributed by atoms with van der Waals surface area (Å²) in [7, 11) is 1.80. The summed E-state index contributed by atoms with van der Waals surface area (Å²) in [6, 6.07) is 0.819. The number of aromatic nitrogens is 3. The second-order valence-corrected chi connectivity index (χ2v) is 6.45. The molecule has 1 aliphatic carbocycles. The standard InChI is InChI=1S/C15H27N5O/c1-5-10-21-14-19-12(16-4)18-13(20-14)17-11-6-8-15(2,3)9-7-11/h11H,5-10H2,1-4H3,(H2,16,17,18,19,20). The normalized spacial score (nSPS) is 18.3. The molecule has 6 heteroatoms. The average Bonchev–Trinajstić information content (AvgIpc) is 2.47. The molecule has 21 heavy (non-hydrogen) atoms. The zero-order chi connectivity index (χ0) is 15.3. The van der Waals surface area contributed by atoms with Crippen LogP contribution < -0.4 is 15.4 Å². The maximum absolute atomic E-state index is 5.52. The Morgan fingerprint density at radius 3 is 2.43 bits per heavy atom. The van der Waals surface area contributed by atoms with Crippen LogP contribution in [0.1, 0.15) is 52.9 Å². The highest BCUT2D eigenvalue weighted by molar-refractivity contribution is 5.36. The van der Waals surface area contributed by atoms with E-state index in [0.29, 0.717) is 36.0 Å². The lowest BCUT2D eigenvalue weighted by Gasteiger charge is -2.34. The maximum Gasteiger partial charge on any atom is 0.323 e. The summed E-state index contributed by atoms with van der Waals surface area (Å²) >= 11 is 0. The topological polar surface area (TPSA) is 72.0 Å². The van der Waals surface area contributed by atoms with E-state index in [0.717, 1.165) is 19.3 Å². The quantitative estimate of drug-likeness (QED) is 0.840. The first kappa shape index (κ1) is 15.8. The number of nitrogens with one attached hydrogen (secondary N) is 2. The number of anilines is 2. The Balaban J connectivity index is 2.01.